The number of hydrogen-bond donors (Lipinski definition) is 1. The lowest BCUT2D eigenvalue weighted by atomic mass is 10.1. The number of anilines is 1. The molecule has 0 bridgehead atoms. The fraction of sp³-hybridized carbons (Fsp3) is 0.364. The molecule has 0 saturated carbocycles. The Morgan fingerprint density at radius 3 is 2.25 bits per heavy atom. The molecule has 2 aromatic rings. The molecule has 0 heterocycles. The van der Waals surface area contributed by atoms with Gasteiger partial charge in [0.05, 0.1) is 11.9 Å². The number of halogens is 2. The lowest BCUT2D eigenvalue weighted by molar-refractivity contribution is -0.139. The average molecular weight is 545 g/mol. The number of sulfonamides is 1. The molecule has 0 aromatic heterocycles. The maximum atomic E-state index is 13.4. The SMILES string of the molecule is CC(C)NC(=O)[C@H](C)N(Cc1cccc(Br)c1)C(=O)CN(c1ccc(Cl)cc1)S(C)(=O)=O. The monoisotopic (exact) mass is 543 g/mol. The standard InChI is InChI=1S/C22H27BrClN3O4S/c1-15(2)25-22(29)16(3)26(13-17-6-5-7-18(23)12-17)21(28)14-27(32(4,30)31)20-10-8-19(24)9-11-20/h5-12,15-16H,13-14H2,1-4H3,(H,25,29)/t16-/m0/s1. The van der Waals surface area contributed by atoms with Crippen LogP contribution >= 0.6 is 27.5 Å². The third kappa shape index (κ3) is 7.50. The zero-order valence-electron chi connectivity index (χ0n) is 18.4. The van der Waals surface area contributed by atoms with Crippen LogP contribution in [0.15, 0.2) is 53.0 Å². The minimum Gasteiger partial charge on any atom is -0.352 e. The number of nitrogens with zero attached hydrogens (tertiary/aromatic N) is 2. The normalized spacial score (nSPS) is 12.3. The van der Waals surface area contributed by atoms with Crippen molar-refractivity contribution in [2.45, 2.75) is 39.4 Å². The third-order valence-corrected chi connectivity index (χ3v) is 6.52. The van der Waals surface area contributed by atoms with Crippen molar-refractivity contribution in [3.8, 4) is 0 Å². The summed E-state index contributed by atoms with van der Waals surface area (Å²) in [7, 11) is -3.77. The molecular formula is C22H27BrClN3O4S. The van der Waals surface area contributed by atoms with Crippen molar-refractivity contribution in [2.75, 3.05) is 17.1 Å². The minimum absolute atomic E-state index is 0.102. The zero-order chi connectivity index (χ0) is 24.1. The molecule has 0 radical (unpaired) electrons. The fourth-order valence-corrected chi connectivity index (χ4v) is 4.46. The van der Waals surface area contributed by atoms with E-state index in [-0.39, 0.29) is 18.5 Å². The molecule has 10 heteroatoms. The van der Waals surface area contributed by atoms with Crippen molar-refractivity contribution in [1.29, 1.82) is 0 Å². The van der Waals surface area contributed by atoms with Gasteiger partial charge in [0.25, 0.3) is 0 Å². The van der Waals surface area contributed by atoms with E-state index in [1.165, 1.54) is 17.0 Å². The van der Waals surface area contributed by atoms with E-state index in [1.54, 1.807) is 19.1 Å². The van der Waals surface area contributed by atoms with Crippen LogP contribution in [0.25, 0.3) is 0 Å². The third-order valence-electron chi connectivity index (χ3n) is 4.63. The topological polar surface area (TPSA) is 86.8 Å². The Balaban J connectivity index is 2.38. The molecule has 32 heavy (non-hydrogen) atoms. The van der Waals surface area contributed by atoms with Gasteiger partial charge in [0.15, 0.2) is 0 Å². The van der Waals surface area contributed by atoms with Gasteiger partial charge in [0.2, 0.25) is 21.8 Å². The van der Waals surface area contributed by atoms with E-state index in [0.29, 0.717) is 10.7 Å². The quantitative estimate of drug-likeness (QED) is 0.520. The van der Waals surface area contributed by atoms with Crippen LogP contribution in [-0.2, 0) is 26.2 Å². The lowest BCUT2D eigenvalue weighted by Crippen LogP contribution is -2.52. The molecule has 1 N–H and O–H groups in total. The smallest absolute Gasteiger partial charge is 0.244 e. The first-order valence-electron chi connectivity index (χ1n) is 9.96. The lowest BCUT2D eigenvalue weighted by Gasteiger charge is -2.32. The molecular weight excluding hydrogens is 518 g/mol. The number of carbonyl (C=O) groups is 2. The summed E-state index contributed by atoms with van der Waals surface area (Å²) in [5, 5.41) is 3.26. The van der Waals surface area contributed by atoms with Crippen molar-refractivity contribution >= 4 is 55.1 Å². The Morgan fingerprint density at radius 2 is 1.72 bits per heavy atom. The summed E-state index contributed by atoms with van der Waals surface area (Å²) < 4.78 is 26.8. The van der Waals surface area contributed by atoms with Gasteiger partial charge in [0, 0.05) is 22.1 Å². The molecule has 0 fully saturated rings. The first-order valence-corrected chi connectivity index (χ1v) is 13.0. The Bertz CT molecular complexity index is 1060. The summed E-state index contributed by atoms with van der Waals surface area (Å²) in [6.07, 6.45) is 1.03. The Morgan fingerprint density at radius 1 is 1.09 bits per heavy atom. The van der Waals surface area contributed by atoms with Crippen LogP contribution in [0, 0.1) is 0 Å². The van der Waals surface area contributed by atoms with Gasteiger partial charge in [-0.15, -0.1) is 0 Å². The van der Waals surface area contributed by atoms with E-state index in [0.717, 1.165) is 20.6 Å². The highest BCUT2D eigenvalue weighted by Crippen LogP contribution is 2.22. The zero-order valence-corrected chi connectivity index (χ0v) is 21.5. The summed E-state index contributed by atoms with van der Waals surface area (Å²) in [6.45, 7) is 4.98. The Labute approximate surface area is 202 Å². The van der Waals surface area contributed by atoms with Crippen molar-refractivity contribution in [1.82, 2.24) is 10.2 Å². The van der Waals surface area contributed by atoms with Crippen molar-refractivity contribution in [3.05, 3.63) is 63.6 Å². The summed E-state index contributed by atoms with van der Waals surface area (Å²) in [5.74, 6) is -0.822. The van der Waals surface area contributed by atoms with Gasteiger partial charge in [-0.25, -0.2) is 8.42 Å². The molecule has 0 aliphatic heterocycles. The second-order valence-corrected chi connectivity index (χ2v) is 11.0. The average Bonchev–Trinajstić information content (AvgIpc) is 2.69. The molecule has 0 saturated heterocycles. The summed E-state index contributed by atoms with van der Waals surface area (Å²) in [6, 6.07) is 12.6. The number of benzene rings is 2. The maximum Gasteiger partial charge on any atom is 0.244 e. The highest BCUT2D eigenvalue weighted by atomic mass is 79.9. The molecule has 2 rings (SSSR count). The fourth-order valence-electron chi connectivity index (χ4n) is 3.04. The van der Waals surface area contributed by atoms with Crippen molar-refractivity contribution in [3.63, 3.8) is 0 Å². The van der Waals surface area contributed by atoms with Crippen LogP contribution in [0.5, 0.6) is 0 Å². The summed E-state index contributed by atoms with van der Waals surface area (Å²) in [5.41, 5.74) is 1.11. The van der Waals surface area contributed by atoms with Gasteiger partial charge in [0.1, 0.15) is 12.6 Å². The Hall–Kier alpha value is -2.10. The second kappa shape index (κ2) is 11.2. The Kier molecular flexibility index (Phi) is 9.12. The molecule has 0 aliphatic carbocycles. The summed E-state index contributed by atoms with van der Waals surface area (Å²) >= 11 is 9.33. The number of hydrogen-bond acceptors (Lipinski definition) is 4. The van der Waals surface area contributed by atoms with E-state index in [9.17, 15) is 18.0 Å². The van der Waals surface area contributed by atoms with Gasteiger partial charge in [-0.3, -0.25) is 13.9 Å². The number of rotatable bonds is 9. The van der Waals surface area contributed by atoms with Crippen molar-refractivity contribution < 1.29 is 18.0 Å². The molecule has 7 nitrogen and oxygen atoms in total. The van der Waals surface area contributed by atoms with Gasteiger partial charge in [-0.05, 0) is 62.7 Å². The maximum absolute atomic E-state index is 13.4. The molecule has 0 aliphatic rings. The largest absolute Gasteiger partial charge is 0.352 e. The van der Waals surface area contributed by atoms with E-state index in [1.807, 2.05) is 38.1 Å². The van der Waals surface area contributed by atoms with E-state index < -0.39 is 28.5 Å². The first-order chi connectivity index (χ1) is 14.9. The van der Waals surface area contributed by atoms with Gasteiger partial charge < -0.3 is 10.2 Å². The van der Waals surface area contributed by atoms with Gasteiger partial charge in [-0.1, -0.05) is 39.7 Å². The van der Waals surface area contributed by atoms with Crippen LogP contribution < -0.4 is 9.62 Å². The predicted molar refractivity (Wildman–Crippen MR) is 131 cm³/mol. The van der Waals surface area contributed by atoms with Crippen molar-refractivity contribution in [2.24, 2.45) is 0 Å². The molecule has 2 aromatic carbocycles. The highest BCUT2D eigenvalue weighted by molar-refractivity contribution is 9.10. The number of amides is 2. The van der Waals surface area contributed by atoms with Crippen LogP contribution in [0.1, 0.15) is 26.3 Å². The van der Waals surface area contributed by atoms with Crippen LogP contribution in [0.4, 0.5) is 5.69 Å². The second-order valence-electron chi connectivity index (χ2n) is 7.74. The number of carbonyl (C=O) groups excluding carboxylic acids is 2. The molecule has 0 unspecified atom stereocenters. The van der Waals surface area contributed by atoms with E-state index in [4.69, 9.17) is 11.6 Å². The highest BCUT2D eigenvalue weighted by Gasteiger charge is 2.30. The van der Waals surface area contributed by atoms with Gasteiger partial charge in [-0.2, -0.15) is 0 Å². The van der Waals surface area contributed by atoms with E-state index >= 15 is 0 Å². The van der Waals surface area contributed by atoms with Crippen LogP contribution in [0.3, 0.4) is 0 Å². The van der Waals surface area contributed by atoms with E-state index in [2.05, 4.69) is 21.2 Å². The molecule has 2 amide bonds. The minimum atomic E-state index is -3.77. The van der Waals surface area contributed by atoms with Gasteiger partial charge >= 0.3 is 0 Å². The molecule has 174 valence electrons. The summed E-state index contributed by atoms with van der Waals surface area (Å²) in [4.78, 5) is 27.4. The number of nitrogens with one attached hydrogen (secondary N) is 1. The predicted octanol–water partition coefficient (Wildman–Crippen LogP) is 3.81. The molecule has 1 atom stereocenters. The van der Waals surface area contributed by atoms with Crippen LogP contribution in [-0.4, -0.2) is 50.0 Å². The van der Waals surface area contributed by atoms with Crippen LogP contribution in [0.2, 0.25) is 5.02 Å². The molecule has 0 spiro atoms. The first kappa shape index (κ1) is 26.2.